The average Bonchev–Trinajstić information content (AvgIpc) is 2.41. The average molecular weight is 280 g/mol. The van der Waals surface area contributed by atoms with Gasteiger partial charge in [-0.2, -0.15) is 0 Å². The molecule has 7 heteroatoms. The number of non-ortho nitro benzene ring substituents is 1. The number of benzene rings is 1. The van der Waals surface area contributed by atoms with Crippen LogP contribution in [0, 0.1) is 10.1 Å². The molecule has 6 nitrogen and oxygen atoms in total. The highest BCUT2D eigenvalue weighted by molar-refractivity contribution is 7.80. The topological polar surface area (TPSA) is 79.2 Å². The summed E-state index contributed by atoms with van der Waals surface area (Å²) in [6.07, 6.45) is 1.73. The van der Waals surface area contributed by atoms with Crippen LogP contribution in [0.2, 0.25) is 0 Å². The predicted molar refractivity (Wildman–Crippen MR) is 80.4 cm³/mol. The molecule has 1 rings (SSSR count). The molecule has 102 valence electrons. The summed E-state index contributed by atoms with van der Waals surface area (Å²) in [6.45, 7) is 5.52. The number of thiocarbonyl (C=S) groups is 1. The number of nitro groups is 1. The third-order valence-electron chi connectivity index (χ3n) is 2.22. The van der Waals surface area contributed by atoms with Gasteiger partial charge in [-0.25, -0.2) is 0 Å². The van der Waals surface area contributed by atoms with Crippen molar-refractivity contribution in [3.8, 4) is 0 Å². The maximum atomic E-state index is 10.5. The number of hydrogen-bond donors (Lipinski definition) is 3. The summed E-state index contributed by atoms with van der Waals surface area (Å²) in [7, 11) is 0. The molecule has 19 heavy (non-hydrogen) atoms. The minimum absolute atomic E-state index is 0.0819. The van der Waals surface area contributed by atoms with E-state index in [2.05, 4.69) is 22.5 Å². The summed E-state index contributed by atoms with van der Waals surface area (Å²) in [5.74, 6) is 0. The molecule has 3 N–H and O–H groups in total. The van der Waals surface area contributed by atoms with Crippen molar-refractivity contribution in [1.82, 2.24) is 10.6 Å². The standard InChI is InChI=1S/C12H16N4O2S/c1-2-7-14-12(19)15-9-8-13-10-3-5-11(6-4-10)16(17)18/h2-6,13H,1,7-9H2,(H2,14,15,19). The predicted octanol–water partition coefficient (Wildman–Crippen LogP) is 1.66. The lowest BCUT2D eigenvalue weighted by Crippen LogP contribution is -2.37. The molecule has 0 aliphatic rings. The fourth-order valence-corrected chi connectivity index (χ4v) is 1.50. The number of nitrogens with zero attached hydrogens (tertiary/aromatic N) is 1. The highest BCUT2D eigenvalue weighted by Gasteiger charge is 2.03. The highest BCUT2D eigenvalue weighted by Crippen LogP contribution is 2.14. The van der Waals surface area contributed by atoms with E-state index >= 15 is 0 Å². The van der Waals surface area contributed by atoms with Crippen molar-refractivity contribution in [2.45, 2.75) is 0 Å². The summed E-state index contributed by atoms with van der Waals surface area (Å²) in [6, 6.07) is 6.27. The fourth-order valence-electron chi connectivity index (χ4n) is 1.31. The van der Waals surface area contributed by atoms with Crippen molar-refractivity contribution in [3.05, 3.63) is 47.0 Å². The molecule has 0 aromatic heterocycles. The Bertz CT molecular complexity index is 448. The SMILES string of the molecule is C=CCNC(=S)NCCNc1ccc([N+](=O)[O-])cc1. The molecule has 0 bridgehead atoms. The van der Waals surface area contributed by atoms with Crippen LogP contribution in [0.25, 0.3) is 0 Å². The van der Waals surface area contributed by atoms with Gasteiger partial charge >= 0.3 is 0 Å². The van der Waals surface area contributed by atoms with Crippen LogP contribution in [0.1, 0.15) is 0 Å². The molecule has 0 heterocycles. The van der Waals surface area contributed by atoms with Crippen molar-refractivity contribution in [3.63, 3.8) is 0 Å². The van der Waals surface area contributed by atoms with Gasteiger partial charge in [-0.05, 0) is 24.4 Å². The Balaban J connectivity index is 2.24. The van der Waals surface area contributed by atoms with Crippen LogP contribution in [-0.4, -0.2) is 29.7 Å². The van der Waals surface area contributed by atoms with Gasteiger partial charge in [-0.1, -0.05) is 6.08 Å². The highest BCUT2D eigenvalue weighted by atomic mass is 32.1. The summed E-state index contributed by atoms with van der Waals surface area (Å²) >= 11 is 5.02. The molecule has 0 saturated carbocycles. The van der Waals surface area contributed by atoms with Gasteiger partial charge in [-0.3, -0.25) is 10.1 Å². The molecule has 0 amide bonds. The first-order valence-corrected chi connectivity index (χ1v) is 6.15. The van der Waals surface area contributed by atoms with E-state index in [1.807, 2.05) is 0 Å². The maximum Gasteiger partial charge on any atom is 0.269 e. The molecule has 0 saturated heterocycles. The van der Waals surface area contributed by atoms with E-state index < -0.39 is 4.92 Å². The minimum atomic E-state index is -0.422. The first kappa shape index (κ1) is 14.9. The Hall–Kier alpha value is -2.15. The number of nitro benzene ring substituents is 1. The molecule has 0 spiro atoms. The third kappa shape index (κ3) is 5.82. The molecule has 0 fully saturated rings. The number of hydrogen-bond acceptors (Lipinski definition) is 4. The zero-order valence-electron chi connectivity index (χ0n) is 10.4. The lowest BCUT2D eigenvalue weighted by Gasteiger charge is -2.10. The summed E-state index contributed by atoms with van der Waals surface area (Å²) in [5, 5.41) is 20.2. The van der Waals surface area contributed by atoms with Crippen molar-refractivity contribution >= 4 is 28.7 Å². The Morgan fingerprint density at radius 1 is 1.32 bits per heavy atom. The summed E-state index contributed by atoms with van der Waals surface area (Å²) in [5.41, 5.74) is 0.913. The first-order valence-electron chi connectivity index (χ1n) is 5.74. The maximum absolute atomic E-state index is 10.5. The van der Waals surface area contributed by atoms with Crippen LogP contribution in [-0.2, 0) is 0 Å². The monoisotopic (exact) mass is 280 g/mol. The van der Waals surface area contributed by atoms with E-state index in [0.717, 1.165) is 5.69 Å². The van der Waals surface area contributed by atoms with Gasteiger partial charge in [0, 0.05) is 37.5 Å². The molecule has 0 aliphatic carbocycles. The van der Waals surface area contributed by atoms with Gasteiger partial charge in [0.2, 0.25) is 0 Å². The Morgan fingerprint density at radius 2 is 2.00 bits per heavy atom. The van der Waals surface area contributed by atoms with Gasteiger partial charge in [0.15, 0.2) is 5.11 Å². The van der Waals surface area contributed by atoms with Gasteiger partial charge in [0.1, 0.15) is 0 Å². The minimum Gasteiger partial charge on any atom is -0.383 e. The summed E-state index contributed by atoms with van der Waals surface area (Å²) in [4.78, 5) is 10.1. The molecule has 0 unspecified atom stereocenters. The largest absolute Gasteiger partial charge is 0.383 e. The van der Waals surface area contributed by atoms with Crippen molar-refractivity contribution < 1.29 is 4.92 Å². The second-order valence-corrected chi connectivity index (χ2v) is 4.06. The van der Waals surface area contributed by atoms with Crippen LogP contribution in [0.5, 0.6) is 0 Å². The van der Waals surface area contributed by atoms with E-state index in [9.17, 15) is 10.1 Å². The second-order valence-electron chi connectivity index (χ2n) is 3.66. The fraction of sp³-hybridized carbons (Fsp3) is 0.250. The number of rotatable bonds is 7. The first-order chi connectivity index (χ1) is 9.13. The Kier molecular flexibility index (Phi) is 6.31. The van der Waals surface area contributed by atoms with Crippen LogP contribution >= 0.6 is 12.2 Å². The number of nitrogens with one attached hydrogen (secondary N) is 3. The van der Waals surface area contributed by atoms with Crippen molar-refractivity contribution in [1.29, 1.82) is 0 Å². The number of anilines is 1. The Labute approximate surface area is 117 Å². The normalized spacial score (nSPS) is 9.47. The molecule has 0 radical (unpaired) electrons. The van der Waals surface area contributed by atoms with Crippen LogP contribution in [0.15, 0.2) is 36.9 Å². The van der Waals surface area contributed by atoms with Crippen LogP contribution in [0.4, 0.5) is 11.4 Å². The Morgan fingerprint density at radius 3 is 2.58 bits per heavy atom. The van der Waals surface area contributed by atoms with Gasteiger partial charge < -0.3 is 16.0 Å². The smallest absolute Gasteiger partial charge is 0.269 e. The van der Waals surface area contributed by atoms with E-state index in [0.29, 0.717) is 24.7 Å². The van der Waals surface area contributed by atoms with Gasteiger partial charge in [0.25, 0.3) is 5.69 Å². The molecule has 0 atom stereocenters. The summed E-state index contributed by atoms with van der Waals surface area (Å²) < 4.78 is 0. The van der Waals surface area contributed by atoms with E-state index in [-0.39, 0.29) is 5.69 Å². The van der Waals surface area contributed by atoms with Crippen LogP contribution < -0.4 is 16.0 Å². The zero-order valence-corrected chi connectivity index (χ0v) is 11.2. The molecular weight excluding hydrogens is 264 g/mol. The molecular formula is C12H16N4O2S. The molecule has 1 aromatic rings. The molecule has 1 aromatic carbocycles. The second kappa shape index (κ2) is 8.04. The van der Waals surface area contributed by atoms with Crippen molar-refractivity contribution in [2.24, 2.45) is 0 Å². The lowest BCUT2D eigenvalue weighted by atomic mass is 10.3. The zero-order chi connectivity index (χ0) is 14.1. The van der Waals surface area contributed by atoms with E-state index in [1.165, 1.54) is 12.1 Å². The van der Waals surface area contributed by atoms with E-state index in [4.69, 9.17) is 12.2 Å². The molecule has 0 aliphatic heterocycles. The quantitative estimate of drug-likeness (QED) is 0.232. The van der Waals surface area contributed by atoms with E-state index in [1.54, 1.807) is 18.2 Å². The van der Waals surface area contributed by atoms with Gasteiger partial charge in [0.05, 0.1) is 4.92 Å². The van der Waals surface area contributed by atoms with Crippen molar-refractivity contribution in [2.75, 3.05) is 25.0 Å². The third-order valence-corrected chi connectivity index (χ3v) is 2.51. The van der Waals surface area contributed by atoms with Gasteiger partial charge in [-0.15, -0.1) is 6.58 Å². The van der Waals surface area contributed by atoms with Crippen LogP contribution in [0.3, 0.4) is 0 Å². The lowest BCUT2D eigenvalue weighted by molar-refractivity contribution is -0.384.